The topological polar surface area (TPSA) is 93.1 Å². The van der Waals surface area contributed by atoms with Crippen molar-refractivity contribution in [3.05, 3.63) is 104 Å². The fourth-order valence-electron chi connectivity index (χ4n) is 5.11. The lowest BCUT2D eigenvalue weighted by Gasteiger charge is -2.45. The van der Waals surface area contributed by atoms with E-state index in [1.807, 2.05) is 0 Å². The van der Waals surface area contributed by atoms with E-state index in [0.717, 1.165) is 11.0 Å². The predicted molar refractivity (Wildman–Crippen MR) is 142 cm³/mol. The molecule has 0 unspecified atom stereocenters. The molecule has 208 valence electrons. The molecule has 0 spiro atoms. The fraction of sp³-hybridized carbons (Fsp3) is 0.276. The molecule has 40 heavy (non-hydrogen) atoms. The summed E-state index contributed by atoms with van der Waals surface area (Å²) in [6, 6.07) is 13.1. The number of alkyl halides is 1. The van der Waals surface area contributed by atoms with Crippen LogP contribution in [0.3, 0.4) is 0 Å². The summed E-state index contributed by atoms with van der Waals surface area (Å²) < 4.78 is 42.8. The number of halogens is 4. The third-order valence-corrected chi connectivity index (χ3v) is 7.56. The Bertz CT molecular complexity index is 1490. The van der Waals surface area contributed by atoms with Crippen LogP contribution >= 0.6 is 23.2 Å². The minimum absolute atomic E-state index is 0.0629. The molecule has 1 amide bonds. The van der Waals surface area contributed by atoms with Crippen molar-refractivity contribution in [2.45, 2.75) is 30.8 Å². The van der Waals surface area contributed by atoms with Crippen molar-refractivity contribution in [1.29, 1.82) is 0 Å². The standard InChI is InChI=1S/C29H23Cl2F2NO6/c1-16(35)18-10-22-26(23(32)11-18)29(19-4-8-21(31)9-5-19,40-15-28(33)13-39-14-28)34(27(22)38)24(12-25(36)37)17-2-6-20(30)7-3-17/h2-11,24H,12-15H2,1H3,(H,36,37)/t24-,29+/m0/s1. The van der Waals surface area contributed by atoms with E-state index in [0.29, 0.717) is 15.6 Å². The van der Waals surface area contributed by atoms with Gasteiger partial charge >= 0.3 is 5.97 Å². The average Bonchev–Trinajstić information content (AvgIpc) is 3.14. The number of carboxylic acid groups (broad SMARTS) is 1. The molecule has 7 nitrogen and oxygen atoms in total. The minimum atomic E-state index is -2.13. The van der Waals surface area contributed by atoms with Crippen LogP contribution in [0, 0.1) is 5.82 Å². The third kappa shape index (κ3) is 4.88. The summed E-state index contributed by atoms with van der Waals surface area (Å²) in [6.07, 6.45) is -0.606. The van der Waals surface area contributed by atoms with Gasteiger partial charge in [-0.3, -0.25) is 19.3 Å². The second-order valence-corrected chi connectivity index (χ2v) is 10.7. The van der Waals surface area contributed by atoms with Crippen LogP contribution in [0.1, 0.15) is 56.8 Å². The molecule has 0 aromatic heterocycles. The Morgan fingerprint density at radius 3 is 2.20 bits per heavy atom. The van der Waals surface area contributed by atoms with Crippen LogP contribution in [-0.4, -0.2) is 53.2 Å². The van der Waals surface area contributed by atoms with Crippen LogP contribution in [-0.2, 0) is 20.0 Å². The summed E-state index contributed by atoms with van der Waals surface area (Å²) in [7, 11) is 0. The number of rotatable bonds is 9. The zero-order valence-corrected chi connectivity index (χ0v) is 22.6. The number of fused-ring (bicyclic) bond motifs is 1. The molecule has 0 saturated carbocycles. The van der Waals surface area contributed by atoms with Gasteiger partial charge in [0, 0.05) is 21.2 Å². The second kappa shape index (κ2) is 10.6. The zero-order valence-electron chi connectivity index (χ0n) is 21.1. The lowest BCUT2D eigenvalue weighted by atomic mass is 9.89. The van der Waals surface area contributed by atoms with Crippen LogP contribution in [0.5, 0.6) is 0 Å². The Hall–Kier alpha value is -3.37. The van der Waals surface area contributed by atoms with Crippen molar-refractivity contribution in [3.63, 3.8) is 0 Å². The first-order valence-electron chi connectivity index (χ1n) is 12.3. The second-order valence-electron chi connectivity index (χ2n) is 9.86. The van der Waals surface area contributed by atoms with Crippen molar-refractivity contribution in [2.24, 2.45) is 0 Å². The number of carbonyl (C=O) groups is 3. The van der Waals surface area contributed by atoms with E-state index in [1.54, 1.807) is 12.1 Å². The number of carboxylic acids is 1. The van der Waals surface area contributed by atoms with E-state index in [9.17, 15) is 19.5 Å². The monoisotopic (exact) mass is 589 g/mol. The maximum atomic E-state index is 16.1. The molecule has 0 bridgehead atoms. The molecule has 0 aliphatic carbocycles. The number of amides is 1. The van der Waals surface area contributed by atoms with Crippen molar-refractivity contribution in [3.8, 4) is 0 Å². The number of Topliss-reactive ketones (excluding diaryl/α,β-unsaturated/α-hetero) is 1. The summed E-state index contributed by atoms with van der Waals surface area (Å²) in [4.78, 5) is 39.7. The SMILES string of the molecule is CC(=O)c1cc(F)c2c(c1)C(=O)N([C@@H](CC(=O)O)c1ccc(Cl)cc1)[C@@]2(OCC1(F)COC1)c1ccc(Cl)cc1. The van der Waals surface area contributed by atoms with Gasteiger partial charge in [-0.25, -0.2) is 8.78 Å². The highest BCUT2D eigenvalue weighted by atomic mass is 35.5. The Balaban J connectivity index is 1.82. The molecule has 5 rings (SSSR count). The molecular formula is C29H23Cl2F2NO6. The van der Waals surface area contributed by atoms with Gasteiger partial charge in [-0.2, -0.15) is 0 Å². The van der Waals surface area contributed by atoms with Crippen molar-refractivity contribution >= 4 is 40.9 Å². The largest absolute Gasteiger partial charge is 0.481 e. The highest BCUT2D eigenvalue weighted by Gasteiger charge is 2.58. The molecule has 2 aliphatic rings. The number of hydrogen-bond acceptors (Lipinski definition) is 5. The summed E-state index contributed by atoms with van der Waals surface area (Å²) in [6.45, 7) is 0.0802. The summed E-state index contributed by atoms with van der Waals surface area (Å²) in [5.74, 6) is -3.49. The van der Waals surface area contributed by atoms with Crippen LogP contribution in [0.2, 0.25) is 10.0 Å². The lowest BCUT2D eigenvalue weighted by Crippen LogP contribution is -2.55. The Labute approximate surface area is 238 Å². The summed E-state index contributed by atoms with van der Waals surface area (Å²) in [5.41, 5.74) is -4.02. The first-order chi connectivity index (χ1) is 18.9. The first kappa shape index (κ1) is 28.2. The number of benzene rings is 3. The van der Waals surface area contributed by atoms with Crippen molar-refractivity contribution < 1.29 is 37.7 Å². The summed E-state index contributed by atoms with van der Waals surface area (Å²) >= 11 is 12.2. The normalized spacial score (nSPS) is 20.1. The number of nitrogens with zero attached hydrogens (tertiary/aromatic N) is 1. The van der Waals surface area contributed by atoms with Crippen LogP contribution < -0.4 is 0 Å². The molecular weight excluding hydrogens is 567 g/mol. The molecule has 1 N–H and O–H groups in total. The molecule has 0 radical (unpaired) electrons. The Morgan fingerprint density at radius 2 is 1.68 bits per heavy atom. The quantitative estimate of drug-likeness (QED) is 0.309. The minimum Gasteiger partial charge on any atom is -0.481 e. The van der Waals surface area contributed by atoms with E-state index in [4.69, 9.17) is 32.7 Å². The van der Waals surface area contributed by atoms with Crippen LogP contribution in [0.25, 0.3) is 0 Å². The van der Waals surface area contributed by atoms with Gasteiger partial charge in [0.05, 0.1) is 43.4 Å². The average molecular weight is 590 g/mol. The van der Waals surface area contributed by atoms with Crippen LogP contribution in [0.15, 0.2) is 60.7 Å². The maximum absolute atomic E-state index is 16.1. The van der Waals surface area contributed by atoms with Gasteiger partial charge in [0.1, 0.15) is 5.82 Å². The van der Waals surface area contributed by atoms with Crippen LogP contribution in [0.4, 0.5) is 8.78 Å². The maximum Gasteiger partial charge on any atom is 0.305 e. The molecule has 2 atom stereocenters. The van der Waals surface area contributed by atoms with Gasteiger partial charge < -0.3 is 14.6 Å². The van der Waals surface area contributed by atoms with Gasteiger partial charge in [0.15, 0.2) is 11.5 Å². The number of carbonyl (C=O) groups excluding carboxylic acids is 2. The van der Waals surface area contributed by atoms with Crippen molar-refractivity contribution in [1.82, 2.24) is 4.90 Å². The van der Waals surface area contributed by atoms with Crippen molar-refractivity contribution in [2.75, 3.05) is 19.8 Å². The fourth-order valence-corrected chi connectivity index (χ4v) is 5.36. The van der Waals surface area contributed by atoms with Gasteiger partial charge in [0.2, 0.25) is 5.72 Å². The molecule has 2 heterocycles. The van der Waals surface area contributed by atoms with Gasteiger partial charge in [-0.1, -0.05) is 47.5 Å². The molecule has 2 aliphatic heterocycles. The lowest BCUT2D eigenvalue weighted by molar-refractivity contribution is -0.209. The number of aliphatic carboxylic acids is 1. The first-order valence-corrected chi connectivity index (χ1v) is 13.0. The smallest absolute Gasteiger partial charge is 0.305 e. The molecule has 1 saturated heterocycles. The van der Waals surface area contributed by atoms with E-state index < -0.39 is 53.9 Å². The van der Waals surface area contributed by atoms with E-state index in [-0.39, 0.29) is 35.5 Å². The highest BCUT2D eigenvalue weighted by molar-refractivity contribution is 6.30. The number of hydrogen-bond donors (Lipinski definition) is 1. The molecule has 3 aromatic carbocycles. The van der Waals surface area contributed by atoms with E-state index in [1.165, 1.54) is 49.4 Å². The number of ketones is 1. The molecule has 11 heteroatoms. The number of ether oxygens (including phenoxy) is 2. The molecule has 1 fully saturated rings. The predicted octanol–water partition coefficient (Wildman–Crippen LogP) is 5.96. The van der Waals surface area contributed by atoms with Gasteiger partial charge in [-0.15, -0.1) is 0 Å². The molecule has 3 aromatic rings. The Kier molecular flexibility index (Phi) is 7.43. The third-order valence-electron chi connectivity index (χ3n) is 7.06. The van der Waals surface area contributed by atoms with Gasteiger partial charge in [-0.05, 0) is 48.9 Å². The Morgan fingerprint density at radius 1 is 1.07 bits per heavy atom. The van der Waals surface area contributed by atoms with E-state index in [2.05, 4.69) is 0 Å². The zero-order chi connectivity index (χ0) is 28.8. The highest BCUT2D eigenvalue weighted by Crippen LogP contribution is 2.52. The summed E-state index contributed by atoms with van der Waals surface area (Å²) in [5, 5.41) is 10.6. The van der Waals surface area contributed by atoms with E-state index >= 15 is 8.78 Å². The van der Waals surface area contributed by atoms with Gasteiger partial charge in [0.25, 0.3) is 5.91 Å².